The normalized spacial score (nSPS) is 9.29. The molecule has 1 rings (SSSR count). The van der Waals surface area contributed by atoms with Crippen LogP contribution < -0.4 is 4.74 Å². The van der Waals surface area contributed by atoms with E-state index in [0.29, 0.717) is 17.0 Å². The lowest BCUT2D eigenvalue weighted by Crippen LogP contribution is -1.97. The fraction of sp³-hybridized carbons (Fsp3) is 0.385. The Morgan fingerprint density at radius 3 is 2.47 bits per heavy atom. The molecule has 0 atom stereocenters. The lowest BCUT2D eigenvalue weighted by atomic mass is 9.99. The minimum atomic E-state index is 0.501. The molecular weight excluding hydrogens is 216 g/mol. The summed E-state index contributed by atoms with van der Waals surface area (Å²) in [6.07, 6.45) is 4.73. The molecule has 1 aromatic carbocycles. The van der Waals surface area contributed by atoms with Crippen LogP contribution in [0.1, 0.15) is 30.5 Å². The number of ether oxygens (including phenoxy) is 1. The van der Waals surface area contributed by atoms with Crippen LogP contribution in [0, 0.1) is 18.4 Å². The van der Waals surface area contributed by atoms with Crippen molar-refractivity contribution in [2.75, 3.05) is 0 Å². The van der Waals surface area contributed by atoms with Gasteiger partial charge >= 0.3 is 0 Å². The van der Waals surface area contributed by atoms with Gasteiger partial charge in [0.15, 0.2) is 5.75 Å². The van der Waals surface area contributed by atoms with Gasteiger partial charge in [0.05, 0.1) is 5.69 Å². The minimum absolute atomic E-state index is 0.501. The third kappa shape index (κ3) is 2.52. The summed E-state index contributed by atoms with van der Waals surface area (Å²) in [5, 5.41) is 8.63. The third-order valence-electron chi connectivity index (χ3n) is 2.71. The molecule has 4 heteroatoms. The summed E-state index contributed by atoms with van der Waals surface area (Å²) in [7, 11) is 0. The Balaban J connectivity index is 3.55. The summed E-state index contributed by atoms with van der Waals surface area (Å²) in [5.41, 5.74) is 3.19. The van der Waals surface area contributed by atoms with Crippen LogP contribution in [0.25, 0.3) is 0 Å². The summed E-state index contributed by atoms with van der Waals surface area (Å²) in [5.74, 6) is 0.501. The number of nitrogens with zero attached hydrogens (tertiary/aromatic N) is 2. The van der Waals surface area contributed by atoms with Crippen LogP contribution in [-0.2, 0) is 17.6 Å². The average Bonchev–Trinajstić information content (AvgIpc) is 2.34. The largest absolute Gasteiger partial charge is 0.387 e. The molecule has 0 aliphatic rings. The number of rotatable bonds is 4. The molecule has 0 N–H and O–H groups in total. The molecule has 0 bridgehead atoms. The summed E-state index contributed by atoms with van der Waals surface area (Å²) < 4.78 is 4.96. The van der Waals surface area contributed by atoms with Crippen LogP contribution in [0.15, 0.2) is 11.1 Å². The Labute approximate surface area is 101 Å². The second-order valence-corrected chi connectivity index (χ2v) is 3.60. The van der Waals surface area contributed by atoms with Gasteiger partial charge < -0.3 is 4.74 Å². The maximum Gasteiger partial charge on any atom is 0.292 e. The van der Waals surface area contributed by atoms with E-state index in [-0.39, 0.29) is 0 Å². The van der Waals surface area contributed by atoms with Gasteiger partial charge in [0.2, 0.25) is 6.08 Å². The molecule has 0 saturated carbocycles. The van der Waals surface area contributed by atoms with E-state index < -0.39 is 0 Å². The predicted molar refractivity (Wildman–Crippen MR) is 64.0 cm³/mol. The van der Waals surface area contributed by atoms with Crippen molar-refractivity contribution in [1.82, 2.24) is 0 Å². The molecule has 0 heterocycles. The van der Waals surface area contributed by atoms with Crippen molar-refractivity contribution in [2.45, 2.75) is 33.6 Å². The zero-order valence-corrected chi connectivity index (χ0v) is 10.2. The predicted octanol–water partition coefficient (Wildman–Crippen LogP) is 2.95. The van der Waals surface area contributed by atoms with Crippen molar-refractivity contribution in [3.63, 3.8) is 0 Å². The summed E-state index contributed by atoms with van der Waals surface area (Å²) in [4.78, 5) is 14.1. The van der Waals surface area contributed by atoms with E-state index in [2.05, 4.69) is 4.99 Å². The highest BCUT2D eigenvalue weighted by molar-refractivity contribution is 5.65. The Kier molecular flexibility index (Phi) is 4.45. The van der Waals surface area contributed by atoms with Gasteiger partial charge in [0, 0.05) is 5.56 Å². The van der Waals surface area contributed by atoms with Gasteiger partial charge in [0.25, 0.3) is 6.26 Å². The van der Waals surface area contributed by atoms with Gasteiger partial charge in [-0.2, -0.15) is 4.99 Å². The number of aliphatic imine (C=N–C) groups is 1. The first-order valence-corrected chi connectivity index (χ1v) is 5.48. The molecule has 0 radical (unpaired) electrons. The first-order chi connectivity index (χ1) is 8.19. The standard InChI is InChI=1S/C13H14N2O2/c1-4-10-6-11(5-2)13(17-7-14)9(3)12(10)15-8-16/h6H,4-5H2,1-3H3. The number of isocyanates is 1. The number of carbonyl (C=O) groups excluding carboxylic acids is 1. The smallest absolute Gasteiger partial charge is 0.292 e. The maximum absolute atomic E-state index is 10.4. The van der Waals surface area contributed by atoms with E-state index >= 15 is 0 Å². The highest BCUT2D eigenvalue weighted by Crippen LogP contribution is 2.35. The maximum atomic E-state index is 10.4. The summed E-state index contributed by atoms with van der Waals surface area (Å²) >= 11 is 0. The van der Waals surface area contributed by atoms with Crippen molar-refractivity contribution in [2.24, 2.45) is 4.99 Å². The fourth-order valence-corrected chi connectivity index (χ4v) is 1.85. The van der Waals surface area contributed by atoms with Crippen molar-refractivity contribution in [1.29, 1.82) is 5.26 Å². The number of benzene rings is 1. The van der Waals surface area contributed by atoms with E-state index in [0.717, 1.165) is 24.0 Å². The molecule has 0 saturated heterocycles. The van der Waals surface area contributed by atoms with Crippen LogP contribution in [0.3, 0.4) is 0 Å². The zero-order chi connectivity index (χ0) is 12.8. The summed E-state index contributed by atoms with van der Waals surface area (Å²) in [6.45, 7) is 5.77. The van der Waals surface area contributed by atoms with Gasteiger partial charge in [-0.25, -0.2) is 4.79 Å². The highest BCUT2D eigenvalue weighted by Gasteiger charge is 2.14. The molecule has 0 unspecified atom stereocenters. The molecule has 1 aromatic rings. The Bertz CT molecular complexity index is 509. The van der Waals surface area contributed by atoms with Crippen molar-refractivity contribution in [3.05, 3.63) is 22.8 Å². The third-order valence-corrected chi connectivity index (χ3v) is 2.71. The minimum Gasteiger partial charge on any atom is -0.387 e. The molecule has 0 fully saturated rings. The van der Waals surface area contributed by atoms with Crippen LogP contribution in [0.5, 0.6) is 5.75 Å². The van der Waals surface area contributed by atoms with Gasteiger partial charge in [-0.05, 0) is 37.0 Å². The quantitative estimate of drug-likeness (QED) is 0.454. The van der Waals surface area contributed by atoms with Crippen molar-refractivity contribution < 1.29 is 9.53 Å². The SMILES string of the molecule is CCc1cc(CC)c(OC#N)c(C)c1N=C=O. The Morgan fingerprint density at radius 2 is 2.00 bits per heavy atom. The monoisotopic (exact) mass is 230 g/mol. The van der Waals surface area contributed by atoms with Crippen molar-refractivity contribution in [3.8, 4) is 12.0 Å². The van der Waals surface area contributed by atoms with Crippen LogP contribution >= 0.6 is 0 Å². The van der Waals surface area contributed by atoms with Gasteiger partial charge in [-0.15, -0.1) is 5.26 Å². The lowest BCUT2D eigenvalue weighted by molar-refractivity contribution is 0.496. The van der Waals surface area contributed by atoms with Gasteiger partial charge in [-0.1, -0.05) is 13.8 Å². The average molecular weight is 230 g/mol. The molecule has 0 spiro atoms. The van der Waals surface area contributed by atoms with Crippen LogP contribution in [0.2, 0.25) is 0 Å². The topological polar surface area (TPSA) is 62.4 Å². The van der Waals surface area contributed by atoms with E-state index in [1.807, 2.05) is 19.9 Å². The Hall–Kier alpha value is -2.11. The molecule has 0 aliphatic heterocycles. The molecule has 0 aliphatic carbocycles. The van der Waals surface area contributed by atoms with E-state index in [9.17, 15) is 4.79 Å². The number of hydrogen-bond acceptors (Lipinski definition) is 4. The van der Waals surface area contributed by atoms with E-state index in [1.54, 1.807) is 19.3 Å². The second-order valence-electron chi connectivity index (χ2n) is 3.60. The first kappa shape index (κ1) is 13.0. The molecule has 0 aromatic heterocycles. The molecule has 4 nitrogen and oxygen atoms in total. The zero-order valence-electron chi connectivity index (χ0n) is 10.2. The van der Waals surface area contributed by atoms with Gasteiger partial charge in [-0.3, -0.25) is 0 Å². The van der Waals surface area contributed by atoms with E-state index in [4.69, 9.17) is 10.00 Å². The first-order valence-electron chi connectivity index (χ1n) is 5.48. The fourth-order valence-electron chi connectivity index (χ4n) is 1.85. The number of hydrogen-bond donors (Lipinski definition) is 0. The number of nitriles is 1. The van der Waals surface area contributed by atoms with Crippen molar-refractivity contribution >= 4 is 11.8 Å². The molecule has 88 valence electrons. The molecule has 17 heavy (non-hydrogen) atoms. The van der Waals surface area contributed by atoms with Crippen LogP contribution in [-0.4, -0.2) is 6.08 Å². The van der Waals surface area contributed by atoms with E-state index in [1.165, 1.54) is 0 Å². The van der Waals surface area contributed by atoms with Gasteiger partial charge in [0.1, 0.15) is 0 Å². The van der Waals surface area contributed by atoms with Crippen LogP contribution in [0.4, 0.5) is 5.69 Å². The lowest BCUT2D eigenvalue weighted by Gasteiger charge is -2.13. The molecular formula is C13H14N2O2. The Morgan fingerprint density at radius 1 is 1.35 bits per heavy atom. The number of aryl methyl sites for hydroxylation is 2. The molecule has 0 amide bonds. The second kappa shape index (κ2) is 5.83. The highest BCUT2D eigenvalue weighted by atomic mass is 16.5. The summed E-state index contributed by atoms with van der Waals surface area (Å²) in [6, 6.07) is 1.93.